The number of benzene rings is 1. The van der Waals surface area contributed by atoms with Crippen molar-refractivity contribution in [1.82, 2.24) is 14.9 Å². The lowest BCUT2D eigenvalue weighted by atomic mass is 10.0. The van der Waals surface area contributed by atoms with E-state index in [9.17, 15) is 0 Å². The van der Waals surface area contributed by atoms with Gasteiger partial charge in [0.1, 0.15) is 5.82 Å². The van der Waals surface area contributed by atoms with Crippen LogP contribution in [-0.4, -0.2) is 42.6 Å². The van der Waals surface area contributed by atoms with Crippen molar-refractivity contribution in [2.75, 3.05) is 38.3 Å². The van der Waals surface area contributed by atoms with Crippen LogP contribution in [0.5, 0.6) is 0 Å². The van der Waals surface area contributed by atoms with E-state index in [-0.39, 0.29) is 6.04 Å². The fourth-order valence-corrected chi connectivity index (χ4v) is 2.50. The molecule has 1 aromatic heterocycles. The Kier molecular flexibility index (Phi) is 5.33. The molecule has 0 radical (unpaired) electrons. The number of rotatable bonds is 6. The summed E-state index contributed by atoms with van der Waals surface area (Å²) < 4.78 is 0. The Labute approximate surface area is 132 Å². The topological polar surface area (TPSA) is 53.1 Å². The van der Waals surface area contributed by atoms with Gasteiger partial charge < -0.3 is 15.5 Å². The van der Waals surface area contributed by atoms with Crippen LogP contribution in [0, 0.1) is 13.8 Å². The van der Waals surface area contributed by atoms with Gasteiger partial charge in [-0.1, -0.05) is 24.3 Å². The van der Waals surface area contributed by atoms with E-state index in [0.717, 1.165) is 18.1 Å². The van der Waals surface area contributed by atoms with Crippen LogP contribution in [0.25, 0.3) is 0 Å². The predicted octanol–water partition coefficient (Wildman–Crippen LogP) is 2.85. The highest BCUT2D eigenvalue weighted by Crippen LogP contribution is 2.22. The van der Waals surface area contributed by atoms with Gasteiger partial charge in [-0.05, 0) is 39.1 Å². The Bertz CT molecular complexity index is 624. The molecule has 5 nitrogen and oxygen atoms in total. The first-order valence-corrected chi connectivity index (χ1v) is 7.50. The largest absolute Gasteiger partial charge is 0.368 e. The van der Waals surface area contributed by atoms with Crippen LogP contribution in [0.3, 0.4) is 0 Å². The van der Waals surface area contributed by atoms with Gasteiger partial charge in [0, 0.05) is 25.4 Å². The number of likely N-dealkylation sites (N-methyl/N-ethyl adjacent to an activating group) is 1. The smallest absolute Gasteiger partial charge is 0.224 e. The summed E-state index contributed by atoms with van der Waals surface area (Å²) >= 11 is 0. The third-order valence-corrected chi connectivity index (χ3v) is 3.73. The molecule has 0 fully saturated rings. The minimum absolute atomic E-state index is 0.287. The van der Waals surface area contributed by atoms with Crippen LogP contribution in [0.2, 0.25) is 0 Å². The van der Waals surface area contributed by atoms with Crippen molar-refractivity contribution in [1.29, 1.82) is 0 Å². The number of hydrogen-bond acceptors (Lipinski definition) is 5. The van der Waals surface area contributed by atoms with Crippen LogP contribution < -0.4 is 10.6 Å². The standard InChI is InChI=1S/C17H25N5/c1-12-8-6-7-9-14(12)15(22(4)5)11-19-16-10-13(2)20-17(18-3)21-16/h6-10,15H,11H2,1-5H3,(H2,18,19,20,21). The van der Waals surface area contributed by atoms with Crippen molar-refractivity contribution >= 4 is 11.8 Å². The van der Waals surface area contributed by atoms with E-state index < -0.39 is 0 Å². The SMILES string of the molecule is CNc1nc(C)cc(NCC(c2ccccc2C)N(C)C)n1. The first-order chi connectivity index (χ1) is 10.5. The number of anilines is 2. The van der Waals surface area contributed by atoms with E-state index in [1.165, 1.54) is 11.1 Å². The quantitative estimate of drug-likeness (QED) is 0.859. The van der Waals surface area contributed by atoms with Crippen LogP contribution in [-0.2, 0) is 0 Å². The van der Waals surface area contributed by atoms with Crippen molar-refractivity contribution in [3.63, 3.8) is 0 Å². The Morgan fingerprint density at radius 3 is 2.50 bits per heavy atom. The molecule has 2 aromatic rings. The number of hydrogen-bond donors (Lipinski definition) is 2. The molecule has 0 spiro atoms. The lowest BCUT2D eigenvalue weighted by molar-refractivity contribution is 0.310. The van der Waals surface area contributed by atoms with Gasteiger partial charge in [0.05, 0.1) is 6.04 Å². The molecule has 0 aliphatic heterocycles. The van der Waals surface area contributed by atoms with Crippen LogP contribution >= 0.6 is 0 Å². The molecule has 1 unspecified atom stereocenters. The van der Waals surface area contributed by atoms with Crippen LogP contribution in [0.15, 0.2) is 30.3 Å². The Balaban J connectivity index is 2.16. The summed E-state index contributed by atoms with van der Waals surface area (Å²) in [5, 5.41) is 6.42. The van der Waals surface area contributed by atoms with Gasteiger partial charge in [-0.2, -0.15) is 4.98 Å². The maximum atomic E-state index is 4.45. The Hall–Kier alpha value is -2.14. The highest BCUT2D eigenvalue weighted by molar-refractivity contribution is 5.42. The van der Waals surface area contributed by atoms with Crippen molar-refractivity contribution in [2.45, 2.75) is 19.9 Å². The highest BCUT2D eigenvalue weighted by atomic mass is 15.2. The summed E-state index contributed by atoms with van der Waals surface area (Å²) in [7, 11) is 6.03. The van der Waals surface area contributed by atoms with Crippen molar-refractivity contribution in [3.05, 3.63) is 47.2 Å². The molecule has 0 saturated carbocycles. The molecular weight excluding hydrogens is 274 g/mol. The average Bonchev–Trinajstić information content (AvgIpc) is 2.48. The molecule has 0 aliphatic rings. The summed E-state index contributed by atoms with van der Waals surface area (Å²) in [6.45, 7) is 4.91. The van der Waals surface area contributed by atoms with Gasteiger partial charge in [0.25, 0.3) is 0 Å². The normalized spacial score (nSPS) is 12.3. The Morgan fingerprint density at radius 2 is 1.86 bits per heavy atom. The molecule has 1 heterocycles. The highest BCUT2D eigenvalue weighted by Gasteiger charge is 2.16. The summed E-state index contributed by atoms with van der Waals surface area (Å²) in [6.07, 6.45) is 0. The van der Waals surface area contributed by atoms with Crippen LogP contribution in [0.1, 0.15) is 22.9 Å². The maximum absolute atomic E-state index is 4.45. The second kappa shape index (κ2) is 7.22. The van der Waals surface area contributed by atoms with Gasteiger partial charge >= 0.3 is 0 Å². The number of nitrogens with zero attached hydrogens (tertiary/aromatic N) is 3. The molecule has 2 N–H and O–H groups in total. The zero-order valence-electron chi connectivity index (χ0n) is 14.0. The number of aromatic nitrogens is 2. The molecule has 118 valence electrons. The lowest BCUT2D eigenvalue weighted by Gasteiger charge is -2.26. The van der Waals surface area contributed by atoms with Crippen LogP contribution in [0.4, 0.5) is 11.8 Å². The summed E-state index contributed by atoms with van der Waals surface area (Å²) in [4.78, 5) is 11.0. The fourth-order valence-electron chi connectivity index (χ4n) is 2.50. The number of aryl methyl sites for hydroxylation is 2. The van der Waals surface area contributed by atoms with Gasteiger partial charge in [-0.3, -0.25) is 0 Å². The first kappa shape index (κ1) is 16.2. The van der Waals surface area contributed by atoms with Crippen molar-refractivity contribution < 1.29 is 0 Å². The molecule has 0 amide bonds. The Morgan fingerprint density at radius 1 is 1.14 bits per heavy atom. The second-order valence-corrected chi connectivity index (χ2v) is 5.69. The minimum Gasteiger partial charge on any atom is -0.368 e. The monoisotopic (exact) mass is 299 g/mol. The summed E-state index contributed by atoms with van der Waals surface area (Å²) in [5.74, 6) is 1.48. The summed E-state index contributed by atoms with van der Waals surface area (Å²) in [6, 6.07) is 10.8. The molecule has 22 heavy (non-hydrogen) atoms. The molecule has 0 saturated heterocycles. The second-order valence-electron chi connectivity index (χ2n) is 5.69. The fraction of sp³-hybridized carbons (Fsp3) is 0.412. The van der Waals surface area contributed by atoms with E-state index in [1.54, 1.807) is 0 Å². The molecule has 0 aliphatic carbocycles. The molecule has 0 bridgehead atoms. The molecular formula is C17H25N5. The predicted molar refractivity (Wildman–Crippen MR) is 92.4 cm³/mol. The van der Waals surface area contributed by atoms with Crippen molar-refractivity contribution in [3.8, 4) is 0 Å². The zero-order valence-corrected chi connectivity index (χ0v) is 14.0. The average molecular weight is 299 g/mol. The number of nitrogens with one attached hydrogen (secondary N) is 2. The van der Waals surface area contributed by atoms with Gasteiger partial charge in [-0.15, -0.1) is 0 Å². The van der Waals surface area contributed by atoms with Gasteiger partial charge in [0.2, 0.25) is 5.95 Å². The maximum Gasteiger partial charge on any atom is 0.224 e. The first-order valence-electron chi connectivity index (χ1n) is 7.50. The lowest BCUT2D eigenvalue weighted by Crippen LogP contribution is -2.27. The molecule has 5 heteroatoms. The van der Waals surface area contributed by atoms with Gasteiger partial charge in [-0.25, -0.2) is 4.98 Å². The zero-order chi connectivity index (χ0) is 16.1. The third-order valence-electron chi connectivity index (χ3n) is 3.73. The van der Waals surface area contributed by atoms with E-state index >= 15 is 0 Å². The van der Waals surface area contributed by atoms with E-state index in [1.807, 2.05) is 20.0 Å². The minimum atomic E-state index is 0.287. The molecule has 2 rings (SSSR count). The van der Waals surface area contributed by atoms with E-state index in [4.69, 9.17) is 0 Å². The van der Waals surface area contributed by atoms with Gasteiger partial charge in [0.15, 0.2) is 0 Å². The van der Waals surface area contributed by atoms with E-state index in [2.05, 4.69) is 70.8 Å². The van der Waals surface area contributed by atoms with E-state index in [0.29, 0.717) is 5.95 Å². The molecule has 1 atom stereocenters. The summed E-state index contributed by atoms with van der Waals surface area (Å²) in [5.41, 5.74) is 3.58. The van der Waals surface area contributed by atoms with Crippen molar-refractivity contribution in [2.24, 2.45) is 0 Å². The molecule has 1 aromatic carbocycles. The third kappa shape index (κ3) is 3.95.